The molecule has 2 amide bonds. The lowest BCUT2D eigenvalue weighted by molar-refractivity contribution is -0.199. The number of rotatable bonds is 10. The Labute approximate surface area is 157 Å². The molecule has 0 aromatic rings. The minimum atomic E-state index is -1.24. The van der Waals surface area contributed by atoms with Crippen LogP contribution in [0.25, 0.3) is 0 Å². The van der Waals surface area contributed by atoms with Gasteiger partial charge in [0.2, 0.25) is 0 Å². The smallest absolute Gasteiger partial charge is 0.350 e. The Morgan fingerprint density at radius 3 is 2.26 bits per heavy atom. The van der Waals surface area contributed by atoms with Crippen LogP contribution in [0.2, 0.25) is 0 Å². The Hall–Kier alpha value is -2.49. The predicted octanol–water partition coefficient (Wildman–Crippen LogP) is 0.539. The van der Waals surface area contributed by atoms with Crippen LogP contribution < -0.4 is 5.32 Å². The van der Waals surface area contributed by atoms with Gasteiger partial charge in [0.05, 0.1) is 6.42 Å². The average molecular weight is 386 g/mol. The van der Waals surface area contributed by atoms with Gasteiger partial charge in [-0.25, -0.2) is 4.79 Å². The van der Waals surface area contributed by atoms with Gasteiger partial charge in [-0.05, 0) is 40.2 Å². The number of carboxylic acids is 1. The van der Waals surface area contributed by atoms with Gasteiger partial charge in [-0.2, -0.15) is 0 Å². The zero-order valence-corrected chi connectivity index (χ0v) is 15.8. The maximum absolute atomic E-state index is 12.1. The average Bonchev–Trinajstić information content (AvgIpc) is 2.83. The lowest BCUT2D eigenvalue weighted by atomic mass is 10.1. The highest BCUT2D eigenvalue weighted by atomic mass is 16.7. The number of aliphatic carboxylic acids is 1. The van der Waals surface area contributed by atoms with Gasteiger partial charge in [0.1, 0.15) is 11.6 Å². The molecule has 1 fully saturated rings. The van der Waals surface area contributed by atoms with Crippen molar-refractivity contribution in [3.05, 3.63) is 0 Å². The van der Waals surface area contributed by atoms with E-state index in [0.717, 1.165) is 0 Å². The third kappa shape index (κ3) is 8.63. The van der Waals surface area contributed by atoms with E-state index < -0.39 is 41.8 Å². The Bertz CT molecular complexity index is 580. The monoisotopic (exact) mass is 386 g/mol. The molecule has 1 rings (SSSR count). The van der Waals surface area contributed by atoms with Gasteiger partial charge in [-0.1, -0.05) is 0 Å². The minimum Gasteiger partial charge on any atom is -0.481 e. The number of nitrogens with one attached hydrogen (secondary N) is 1. The number of esters is 1. The van der Waals surface area contributed by atoms with Crippen molar-refractivity contribution in [1.29, 1.82) is 0 Å². The largest absolute Gasteiger partial charge is 0.481 e. The van der Waals surface area contributed by atoms with Gasteiger partial charge in [0.25, 0.3) is 11.8 Å². The highest BCUT2D eigenvalue weighted by Gasteiger charge is 2.35. The number of carboxylic acid groups (broad SMARTS) is 1. The van der Waals surface area contributed by atoms with Crippen molar-refractivity contribution in [1.82, 2.24) is 10.4 Å². The first-order chi connectivity index (χ1) is 12.5. The molecule has 27 heavy (non-hydrogen) atoms. The maximum atomic E-state index is 12.1. The van der Waals surface area contributed by atoms with Crippen molar-refractivity contribution in [3.63, 3.8) is 0 Å². The molecule has 2 N–H and O–H groups in total. The molecule has 1 saturated heterocycles. The fraction of sp³-hybridized carbons (Fsp3) is 0.706. The number of hydrogen-bond acceptors (Lipinski definition) is 8. The van der Waals surface area contributed by atoms with Crippen molar-refractivity contribution in [2.24, 2.45) is 0 Å². The topological polar surface area (TPSA) is 139 Å². The molecule has 10 heteroatoms. The molecule has 0 spiro atoms. The Morgan fingerprint density at radius 1 is 1.15 bits per heavy atom. The van der Waals surface area contributed by atoms with Crippen LogP contribution in [0.1, 0.15) is 59.3 Å². The third-order valence-corrected chi connectivity index (χ3v) is 3.47. The number of amides is 2. The second kappa shape index (κ2) is 10.0. The van der Waals surface area contributed by atoms with E-state index in [1.165, 1.54) is 0 Å². The van der Waals surface area contributed by atoms with Crippen LogP contribution in [-0.4, -0.2) is 58.1 Å². The molecular formula is C17H26N2O8. The molecule has 152 valence electrons. The molecule has 0 unspecified atom stereocenters. The quantitative estimate of drug-likeness (QED) is 0.313. The lowest BCUT2D eigenvalue weighted by Crippen LogP contribution is -2.44. The number of carbonyl (C=O) groups excluding carboxylic acids is 4. The Morgan fingerprint density at radius 2 is 1.74 bits per heavy atom. The molecule has 0 bridgehead atoms. The van der Waals surface area contributed by atoms with Crippen molar-refractivity contribution >= 4 is 29.7 Å². The summed E-state index contributed by atoms with van der Waals surface area (Å²) in [6.07, 6.45) is 0.510. The number of hydrogen-bond donors (Lipinski definition) is 2. The third-order valence-electron chi connectivity index (χ3n) is 3.47. The summed E-state index contributed by atoms with van der Waals surface area (Å²) in [6.45, 7) is 5.55. The van der Waals surface area contributed by atoms with Crippen molar-refractivity contribution in [2.75, 3.05) is 6.54 Å². The molecule has 1 heterocycles. The SMILES string of the molecule is CC(C)(C)OC(=O)CCCCN[C@@H](CC(=O)O)C(=O)ON1C(=O)CCC1=O. The van der Waals surface area contributed by atoms with Crippen LogP contribution >= 0.6 is 0 Å². The van der Waals surface area contributed by atoms with E-state index in [0.29, 0.717) is 17.9 Å². The van der Waals surface area contributed by atoms with E-state index >= 15 is 0 Å². The zero-order chi connectivity index (χ0) is 20.6. The molecule has 1 aliphatic heterocycles. The molecule has 0 aromatic carbocycles. The minimum absolute atomic E-state index is 0.0478. The highest BCUT2D eigenvalue weighted by molar-refractivity contribution is 6.01. The van der Waals surface area contributed by atoms with E-state index in [1.54, 1.807) is 20.8 Å². The van der Waals surface area contributed by atoms with Crippen LogP contribution in [0.5, 0.6) is 0 Å². The summed E-state index contributed by atoms with van der Waals surface area (Å²) in [6, 6.07) is -1.22. The number of imide groups is 1. The number of carbonyl (C=O) groups is 5. The van der Waals surface area contributed by atoms with Crippen LogP contribution in [0, 0.1) is 0 Å². The Balaban J connectivity index is 2.42. The van der Waals surface area contributed by atoms with Crippen molar-refractivity contribution in [2.45, 2.75) is 70.9 Å². The number of ether oxygens (including phenoxy) is 1. The molecule has 1 aliphatic rings. The maximum Gasteiger partial charge on any atom is 0.350 e. The van der Waals surface area contributed by atoms with Gasteiger partial charge in [-0.3, -0.25) is 19.2 Å². The summed E-state index contributed by atoms with van der Waals surface area (Å²) in [5.41, 5.74) is -0.559. The van der Waals surface area contributed by atoms with E-state index in [2.05, 4.69) is 5.32 Å². The molecular weight excluding hydrogens is 360 g/mol. The summed E-state index contributed by atoms with van der Waals surface area (Å²) >= 11 is 0. The first kappa shape index (κ1) is 22.6. The summed E-state index contributed by atoms with van der Waals surface area (Å²) in [5, 5.41) is 12.0. The van der Waals surface area contributed by atoms with Gasteiger partial charge in [0.15, 0.2) is 0 Å². The summed E-state index contributed by atoms with van der Waals surface area (Å²) in [4.78, 5) is 62.3. The number of unbranched alkanes of at least 4 members (excludes halogenated alkanes) is 1. The molecule has 0 radical (unpaired) electrons. The second-order valence-corrected chi connectivity index (χ2v) is 7.14. The summed E-state index contributed by atoms with van der Waals surface area (Å²) < 4.78 is 5.17. The standard InChI is InChI=1S/C17H26N2O8/c1-17(2,3)26-15(24)6-4-5-9-18-11(10-14(22)23)16(25)27-19-12(20)7-8-13(19)21/h11,18H,4-10H2,1-3H3,(H,22,23)/t11-/m0/s1. The van der Waals surface area contributed by atoms with Crippen molar-refractivity contribution in [3.8, 4) is 0 Å². The zero-order valence-electron chi connectivity index (χ0n) is 15.8. The number of hydroxylamine groups is 2. The van der Waals surface area contributed by atoms with Gasteiger partial charge >= 0.3 is 17.9 Å². The fourth-order valence-electron chi connectivity index (χ4n) is 2.29. The van der Waals surface area contributed by atoms with Gasteiger partial charge in [0, 0.05) is 19.3 Å². The second-order valence-electron chi connectivity index (χ2n) is 7.14. The first-order valence-corrected chi connectivity index (χ1v) is 8.74. The molecule has 0 saturated carbocycles. The lowest BCUT2D eigenvalue weighted by Gasteiger charge is -2.20. The van der Waals surface area contributed by atoms with Gasteiger partial charge < -0.3 is 20.0 Å². The van der Waals surface area contributed by atoms with Gasteiger partial charge in [-0.15, -0.1) is 5.06 Å². The summed E-state index contributed by atoms with van der Waals surface area (Å²) in [7, 11) is 0. The fourth-order valence-corrected chi connectivity index (χ4v) is 2.29. The summed E-state index contributed by atoms with van der Waals surface area (Å²) in [5.74, 6) is -3.87. The van der Waals surface area contributed by atoms with E-state index in [4.69, 9.17) is 14.7 Å². The number of nitrogens with zero attached hydrogens (tertiary/aromatic N) is 1. The highest BCUT2D eigenvalue weighted by Crippen LogP contribution is 2.13. The predicted molar refractivity (Wildman–Crippen MR) is 90.9 cm³/mol. The molecule has 1 atom stereocenters. The Kier molecular flexibility index (Phi) is 8.35. The van der Waals surface area contributed by atoms with E-state index in [-0.39, 0.29) is 31.8 Å². The first-order valence-electron chi connectivity index (χ1n) is 8.74. The van der Waals surface area contributed by atoms with Crippen LogP contribution in [0.3, 0.4) is 0 Å². The molecule has 0 aromatic heterocycles. The van der Waals surface area contributed by atoms with Crippen LogP contribution in [0.15, 0.2) is 0 Å². The van der Waals surface area contributed by atoms with E-state index in [1.807, 2.05) is 0 Å². The molecule has 10 nitrogen and oxygen atoms in total. The van der Waals surface area contributed by atoms with Crippen LogP contribution in [-0.2, 0) is 33.5 Å². The van der Waals surface area contributed by atoms with E-state index in [9.17, 15) is 24.0 Å². The van der Waals surface area contributed by atoms with Crippen molar-refractivity contribution < 1.29 is 38.7 Å². The molecule has 0 aliphatic carbocycles. The normalized spacial score (nSPS) is 15.6. The van der Waals surface area contributed by atoms with Crippen LogP contribution in [0.4, 0.5) is 0 Å².